The van der Waals surface area contributed by atoms with Crippen LogP contribution in [-0.2, 0) is 13.1 Å². The molecule has 0 aromatic carbocycles. The fraction of sp³-hybridized carbons (Fsp3) is 0.450. The first-order chi connectivity index (χ1) is 14.1. The van der Waals surface area contributed by atoms with Crippen LogP contribution in [0.1, 0.15) is 48.5 Å². The van der Waals surface area contributed by atoms with E-state index >= 15 is 0 Å². The van der Waals surface area contributed by atoms with Crippen LogP contribution in [0.25, 0.3) is 0 Å². The van der Waals surface area contributed by atoms with Gasteiger partial charge in [0.05, 0.1) is 24.1 Å². The Balaban J connectivity index is 1.73. The molecule has 3 aromatic rings. The molecule has 10 nitrogen and oxygen atoms in total. The van der Waals surface area contributed by atoms with E-state index in [9.17, 15) is 14.9 Å². The van der Waals surface area contributed by atoms with Gasteiger partial charge in [0.1, 0.15) is 17.1 Å². The Hall–Kier alpha value is -3.43. The van der Waals surface area contributed by atoms with Crippen LogP contribution in [0, 0.1) is 29.4 Å². The van der Waals surface area contributed by atoms with Crippen molar-refractivity contribution in [3.63, 3.8) is 0 Å². The average molecular weight is 414 g/mol. The number of nitro groups is 1. The Morgan fingerprint density at radius 1 is 1.33 bits per heavy atom. The summed E-state index contributed by atoms with van der Waals surface area (Å²) in [6.45, 7) is 10.1. The second kappa shape index (κ2) is 8.13. The highest BCUT2D eigenvalue weighted by Crippen LogP contribution is 2.24. The van der Waals surface area contributed by atoms with Crippen molar-refractivity contribution in [1.82, 2.24) is 24.9 Å². The number of nitrogens with zero attached hydrogens (tertiary/aromatic N) is 5. The summed E-state index contributed by atoms with van der Waals surface area (Å²) in [5, 5.41) is 22.6. The van der Waals surface area contributed by atoms with Crippen LogP contribution in [-0.4, -0.2) is 36.4 Å². The predicted octanol–water partition coefficient (Wildman–Crippen LogP) is 3.09. The van der Waals surface area contributed by atoms with E-state index < -0.39 is 4.92 Å². The second-order valence-corrected chi connectivity index (χ2v) is 8.32. The lowest BCUT2D eigenvalue weighted by atomic mass is 9.86. The lowest BCUT2D eigenvalue weighted by molar-refractivity contribution is -0.386. The molecule has 160 valence electrons. The van der Waals surface area contributed by atoms with Crippen LogP contribution in [0.5, 0.6) is 0 Å². The van der Waals surface area contributed by atoms with E-state index in [-0.39, 0.29) is 35.4 Å². The molecule has 3 aromatic heterocycles. The van der Waals surface area contributed by atoms with Crippen molar-refractivity contribution in [2.75, 3.05) is 0 Å². The summed E-state index contributed by atoms with van der Waals surface area (Å²) in [5.74, 6) is 0.337. The third-order valence-electron chi connectivity index (χ3n) is 5.00. The molecule has 1 atom stereocenters. The van der Waals surface area contributed by atoms with Crippen molar-refractivity contribution in [3.8, 4) is 0 Å². The topological polar surface area (TPSA) is 121 Å². The van der Waals surface area contributed by atoms with Crippen LogP contribution in [0.4, 0.5) is 5.69 Å². The molecule has 30 heavy (non-hydrogen) atoms. The Morgan fingerprint density at radius 3 is 2.63 bits per heavy atom. The zero-order chi connectivity index (χ0) is 22.1. The number of nitrogens with one attached hydrogen (secondary N) is 1. The van der Waals surface area contributed by atoms with Crippen molar-refractivity contribution in [2.45, 2.75) is 53.8 Å². The van der Waals surface area contributed by atoms with Gasteiger partial charge in [0.25, 0.3) is 5.91 Å². The van der Waals surface area contributed by atoms with Gasteiger partial charge in [0.15, 0.2) is 5.76 Å². The highest BCUT2D eigenvalue weighted by Gasteiger charge is 2.28. The fourth-order valence-electron chi connectivity index (χ4n) is 3.20. The summed E-state index contributed by atoms with van der Waals surface area (Å²) >= 11 is 0. The minimum Gasteiger partial charge on any atom is -0.454 e. The normalized spacial score (nSPS) is 12.7. The van der Waals surface area contributed by atoms with Gasteiger partial charge in [-0.05, 0) is 37.5 Å². The first-order valence-electron chi connectivity index (χ1n) is 9.61. The lowest BCUT2D eigenvalue weighted by Gasteiger charge is -2.31. The smallest absolute Gasteiger partial charge is 0.312 e. The molecule has 0 aliphatic carbocycles. The molecule has 0 radical (unpaired) electrons. The molecule has 0 saturated carbocycles. The molecule has 3 rings (SSSR count). The van der Waals surface area contributed by atoms with Gasteiger partial charge in [-0.2, -0.15) is 10.2 Å². The SMILES string of the molecule is Cc1nn(Cc2ccc(C(=O)N[C@H](Cn3cccn3)C(C)(C)C)o2)c(C)c1[N+](=O)[O-]. The molecule has 10 heteroatoms. The number of carbonyl (C=O) groups excluding carboxylic acids is 1. The number of carbonyl (C=O) groups is 1. The predicted molar refractivity (Wildman–Crippen MR) is 109 cm³/mol. The molecular weight excluding hydrogens is 388 g/mol. The molecule has 0 fully saturated rings. The molecule has 0 aliphatic rings. The van der Waals surface area contributed by atoms with E-state index in [1.54, 1.807) is 36.9 Å². The van der Waals surface area contributed by atoms with Gasteiger partial charge < -0.3 is 9.73 Å². The maximum Gasteiger partial charge on any atom is 0.312 e. The number of rotatable bonds is 7. The van der Waals surface area contributed by atoms with Gasteiger partial charge in [-0.1, -0.05) is 20.8 Å². The number of hydrogen-bond donors (Lipinski definition) is 1. The first-order valence-corrected chi connectivity index (χ1v) is 9.61. The summed E-state index contributed by atoms with van der Waals surface area (Å²) in [5.41, 5.74) is 0.575. The Labute approximate surface area is 174 Å². The van der Waals surface area contributed by atoms with E-state index in [2.05, 4.69) is 15.5 Å². The van der Waals surface area contributed by atoms with E-state index in [1.807, 2.05) is 33.0 Å². The molecule has 1 amide bonds. The van der Waals surface area contributed by atoms with Crippen molar-refractivity contribution in [2.24, 2.45) is 5.41 Å². The van der Waals surface area contributed by atoms with Crippen LogP contribution < -0.4 is 5.32 Å². The van der Waals surface area contributed by atoms with Crippen LogP contribution in [0.15, 0.2) is 35.0 Å². The van der Waals surface area contributed by atoms with Gasteiger partial charge in [0.2, 0.25) is 0 Å². The van der Waals surface area contributed by atoms with Crippen LogP contribution >= 0.6 is 0 Å². The molecule has 0 aliphatic heterocycles. The highest BCUT2D eigenvalue weighted by atomic mass is 16.6. The Morgan fingerprint density at radius 2 is 2.07 bits per heavy atom. The maximum absolute atomic E-state index is 12.8. The fourth-order valence-corrected chi connectivity index (χ4v) is 3.20. The second-order valence-electron chi connectivity index (χ2n) is 8.32. The summed E-state index contributed by atoms with van der Waals surface area (Å²) in [4.78, 5) is 23.5. The average Bonchev–Trinajstić information content (AvgIpc) is 3.35. The van der Waals surface area contributed by atoms with Gasteiger partial charge in [-0.15, -0.1) is 0 Å². The molecule has 0 bridgehead atoms. The van der Waals surface area contributed by atoms with E-state index in [0.717, 1.165) is 0 Å². The highest BCUT2D eigenvalue weighted by molar-refractivity contribution is 5.91. The number of hydrogen-bond acceptors (Lipinski definition) is 6. The zero-order valence-corrected chi connectivity index (χ0v) is 17.7. The van der Waals surface area contributed by atoms with E-state index in [0.29, 0.717) is 23.7 Å². The number of amides is 1. The molecule has 3 heterocycles. The molecule has 0 spiro atoms. The maximum atomic E-state index is 12.8. The van der Waals surface area contributed by atoms with Crippen molar-refractivity contribution in [3.05, 3.63) is 63.6 Å². The Kier molecular flexibility index (Phi) is 5.77. The molecular formula is C20H26N6O4. The zero-order valence-electron chi connectivity index (χ0n) is 17.7. The molecule has 0 unspecified atom stereocenters. The van der Waals surface area contributed by atoms with Gasteiger partial charge in [-0.3, -0.25) is 24.3 Å². The molecule has 1 N–H and O–H groups in total. The summed E-state index contributed by atoms with van der Waals surface area (Å²) in [6.07, 6.45) is 3.55. The first kappa shape index (κ1) is 21.3. The number of furan rings is 1. The van der Waals surface area contributed by atoms with Crippen LogP contribution in [0.3, 0.4) is 0 Å². The van der Waals surface area contributed by atoms with E-state index in [4.69, 9.17) is 4.42 Å². The van der Waals surface area contributed by atoms with Crippen molar-refractivity contribution in [1.29, 1.82) is 0 Å². The number of aromatic nitrogens is 4. The Bertz CT molecular complexity index is 1040. The quantitative estimate of drug-likeness (QED) is 0.468. The van der Waals surface area contributed by atoms with Crippen molar-refractivity contribution >= 4 is 11.6 Å². The lowest BCUT2D eigenvalue weighted by Crippen LogP contribution is -2.46. The number of aryl methyl sites for hydroxylation is 1. The third kappa shape index (κ3) is 4.58. The summed E-state index contributed by atoms with van der Waals surface area (Å²) in [6, 6.07) is 4.94. The van der Waals surface area contributed by atoms with Gasteiger partial charge in [-0.25, -0.2) is 0 Å². The largest absolute Gasteiger partial charge is 0.454 e. The monoisotopic (exact) mass is 414 g/mol. The molecule has 0 saturated heterocycles. The minimum atomic E-state index is -0.443. The van der Waals surface area contributed by atoms with E-state index in [1.165, 1.54) is 4.68 Å². The summed E-state index contributed by atoms with van der Waals surface area (Å²) in [7, 11) is 0. The summed E-state index contributed by atoms with van der Waals surface area (Å²) < 4.78 is 8.98. The third-order valence-corrected chi connectivity index (χ3v) is 5.00. The van der Waals surface area contributed by atoms with Crippen molar-refractivity contribution < 1.29 is 14.1 Å². The van der Waals surface area contributed by atoms with Gasteiger partial charge in [0, 0.05) is 12.4 Å². The van der Waals surface area contributed by atoms with Crippen LogP contribution in [0.2, 0.25) is 0 Å². The minimum absolute atomic E-state index is 0.00818. The standard InChI is InChI=1S/C20H26N6O4/c1-13-18(26(28)29)14(2)25(23-13)11-15-7-8-16(30-15)19(27)22-17(20(3,4)5)12-24-10-6-9-21-24/h6-10,17H,11-12H2,1-5H3,(H,22,27)/t17-/m1/s1. The van der Waals surface area contributed by atoms with Gasteiger partial charge >= 0.3 is 5.69 Å².